The summed E-state index contributed by atoms with van der Waals surface area (Å²) in [6.45, 7) is 1.46. The number of carbonyl (C=O) groups excluding carboxylic acids is 1. The predicted octanol–water partition coefficient (Wildman–Crippen LogP) is 1.31. The van der Waals surface area contributed by atoms with E-state index >= 15 is 0 Å². The van der Waals surface area contributed by atoms with Crippen LogP contribution in [0.2, 0.25) is 0 Å². The van der Waals surface area contributed by atoms with Crippen LogP contribution in [0.25, 0.3) is 0 Å². The third-order valence-electron chi connectivity index (χ3n) is 1.64. The van der Waals surface area contributed by atoms with Gasteiger partial charge in [0.15, 0.2) is 0 Å². The minimum Gasteiger partial charge on any atom is -0.314 e. The molecule has 4 nitrogen and oxygen atoms in total. The molecule has 1 rings (SSSR count). The van der Waals surface area contributed by atoms with E-state index in [9.17, 15) is 17.1 Å². The zero-order valence-electron chi connectivity index (χ0n) is 8.32. The lowest BCUT2D eigenvalue weighted by molar-refractivity contribution is -0.111. The van der Waals surface area contributed by atoms with Crippen molar-refractivity contribution in [1.29, 1.82) is 0 Å². The Morgan fingerprint density at radius 2 is 2.00 bits per heavy atom. The van der Waals surface area contributed by atoms with Gasteiger partial charge in [0, 0.05) is 0 Å². The molecule has 0 unspecified atom stereocenters. The number of amides is 1. The van der Waals surface area contributed by atoms with Crippen LogP contribution in [0.15, 0.2) is 29.2 Å². The smallest absolute Gasteiger partial charge is 0.314 e. The number of halogens is 1. The Kier molecular flexibility index (Phi) is 3.64. The van der Waals surface area contributed by atoms with Gasteiger partial charge in [-0.15, -0.1) is 3.89 Å². The SMILES string of the molecule is CC#CC(=O)Nc1ccccc1S(=O)(=O)F. The molecule has 0 spiro atoms. The van der Waals surface area contributed by atoms with Crippen LogP contribution in [0.1, 0.15) is 6.92 Å². The van der Waals surface area contributed by atoms with E-state index in [1.165, 1.54) is 25.1 Å². The van der Waals surface area contributed by atoms with Crippen molar-refractivity contribution in [3.05, 3.63) is 24.3 Å². The second-order valence-corrected chi connectivity index (χ2v) is 4.08. The van der Waals surface area contributed by atoms with Crippen LogP contribution in [0.4, 0.5) is 9.57 Å². The summed E-state index contributed by atoms with van der Waals surface area (Å²) in [5.74, 6) is 3.80. The highest BCUT2D eigenvalue weighted by atomic mass is 32.3. The van der Waals surface area contributed by atoms with Gasteiger partial charge in [-0.05, 0) is 25.0 Å². The van der Waals surface area contributed by atoms with Gasteiger partial charge in [-0.1, -0.05) is 18.1 Å². The van der Waals surface area contributed by atoms with Gasteiger partial charge in [-0.25, -0.2) is 0 Å². The van der Waals surface area contributed by atoms with Gasteiger partial charge >= 0.3 is 10.2 Å². The molecule has 84 valence electrons. The Morgan fingerprint density at radius 3 is 2.56 bits per heavy atom. The first-order valence-corrected chi connectivity index (χ1v) is 5.61. The molecular weight excluding hydrogens is 233 g/mol. The third kappa shape index (κ3) is 3.07. The van der Waals surface area contributed by atoms with Gasteiger partial charge in [-0.2, -0.15) is 8.42 Å². The second-order valence-electron chi connectivity index (χ2n) is 2.76. The molecule has 0 bridgehead atoms. The van der Waals surface area contributed by atoms with Gasteiger partial charge in [0.2, 0.25) is 0 Å². The third-order valence-corrected chi connectivity index (χ3v) is 2.52. The van der Waals surface area contributed by atoms with Crippen molar-refractivity contribution < 1.29 is 17.1 Å². The lowest BCUT2D eigenvalue weighted by Crippen LogP contribution is -2.11. The van der Waals surface area contributed by atoms with Crippen LogP contribution in [-0.4, -0.2) is 14.3 Å². The first-order chi connectivity index (χ1) is 7.45. The zero-order valence-corrected chi connectivity index (χ0v) is 9.14. The number of nitrogens with one attached hydrogen (secondary N) is 1. The second kappa shape index (κ2) is 4.77. The van der Waals surface area contributed by atoms with E-state index in [-0.39, 0.29) is 5.69 Å². The first-order valence-electron chi connectivity index (χ1n) is 4.22. The van der Waals surface area contributed by atoms with Gasteiger partial charge in [-0.3, -0.25) is 4.79 Å². The van der Waals surface area contributed by atoms with Crippen molar-refractivity contribution in [2.45, 2.75) is 11.8 Å². The van der Waals surface area contributed by atoms with Crippen molar-refractivity contribution in [2.75, 3.05) is 5.32 Å². The Bertz CT molecular complexity index is 569. The molecule has 0 saturated heterocycles. The molecule has 0 aliphatic rings. The standard InChI is InChI=1S/C10H8FNO3S/c1-2-5-10(13)12-8-6-3-4-7-9(8)16(11,14)15/h3-4,6-7H,1H3,(H,12,13). The Hall–Kier alpha value is -1.87. The lowest BCUT2D eigenvalue weighted by Gasteiger charge is -2.04. The Morgan fingerprint density at radius 1 is 1.38 bits per heavy atom. The molecular formula is C10H8FNO3S. The molecule has 0 atom stereocenters. The monoisotopic (exact) mass is 241 g/mol. The average molecular weight is 241 g/mol. The van der Waals surface area contributed by atoms with E-state index in [0.29, 0.717) is 0 Å². The topological polar surface area (TPSA) is 63.2 Å². The number of rotatable bonds is 2. The molecule has 16 heavy (non-hydrogen) atoms. The van der Waals surface area contributed by atoms with Crippen LogP contribution in [0, 0.1) is 11.8 Å². The normalized spacial score (nSPS) is 10.1. The summed E-state index contributed by atoms with van der Waals surface area (Å²) in [5, 5.41) is 2.19. The van der Waals surface area contributed by atoms with Gasteiger partial charge in [0.25, 0.3) is 5.91 Å². The van der Waals surface area contributed by atoms with Crippen LogP contribution in [-0.2, 0) is 15.0 Å². The van der Waals surface area contributed by atoms with Gasteiger partial charge in [0.1, 0.15) is 4.90 Å². The summed E-state index contributed by atoms with van der Waals surface area (Å²) in [6.07, 6.45) is 0. The lowest BCUT2D eigenvalue weighted by atomic mass is 10.3. The quantitative estimate of drug-likeness (QED) is 0.627. The number of hydrogen-bond acceptors (Lipinski definition) is 3. The molecule has 1 aromatic carbocycles. The van der Waals surface area contributed by atoms with E-state index in [4.69, 9.17) is 0 Å². The van der Waals surface area contributed by atoms with Crippen LogP contribution in [0.3, 0.4) is 0 Å². The summed E-state index contributed by atoms with van der Waals surface area (Å²) in [7, 11) is -4.86. The molecule has 1 N–H and O–H groups in total. The number of para-hydroxylation sites is 1. The van der Waals surface area contributed by atoms with E-state index in [1.54, 1.807) is 0 Å². The fourth-order valence-electron chi connectivity index (χ4n) is 1.05. The van der Waals surface area contributed by atoms with Gasteiger partial charge in [0.05, 0.1) is 5.69 Å². The molecule has 0 aliphatic heterocycles. The molecule has 1 aromatic rings. The maximum Gasteiger partial charge on any atom is 0.334 e. The largest absolute Gasteiger partial charge is 0.334 e. The van der Waals surface area contributed by atoms with E-state index in [2.05, 4.69) is 17.2 Å². The summed E-state index contributed by atoms with van der Waals surface area (Å²) in [6, 6.07) is 5.17. The fraction of sp³-hybridized carbons (Fsp3) is 0.100. The molecule has 6 heteroatoms. The summed E-state index contributed by atoms with van der Waals surface area (Å²) < 4.78 is 34.3. The van der Waals surface area contributed by atoms with Crippen molar-refractivity contribution in [3.63, 3.8) is 0 Å². The number of carbonyl (C=O) groups is 1. The Labute approximate surface area is 92.7 Å². The summed E-state index contributed by atoms with van der Waals surface area (Å²) >= 11 is 0. The highest BCUT2D eigenvalue weighted by Gasteiger charge is 2.17. The number of hydrogen-bond donors (Lipinski definition) is 1. The maximum absolute atomic E-state index is 12.8. The maximum atomic E-state index is 12.8. The molecule has 0 saturated carbocycles. The highest BCUT2D eigenvalue weighted by molar-refractivity contribution is 7.86. The number of benzene rings is 1. The van der Waals surface area contributed by atoms with Crippen LogP contribution in [0.5, 0.6) is 0 Å². The minimum atomic E-state index is -4.86. The molecule has 1 amide bonds. The van der Waals surface area contributed by atoms with E-state index < -0.39 is 21.0 Å². The number of anilines is 1. The minimum absolute atomic E-state index is 0.127. The first kappa shape index (κ1) is 12.2. The molecule has 0 heterocycles. The van der Waals surface area contributed by atoms with Crippen LogP contribution >= 0.6 is 0 Å². The molecule has 0 aromatic heterocycles. The van der Waals surface area contributed by atoms with Crippen molar-refractivity contribution in [3.8, 4) is 11.8 Å². The molecule has 0 radical (unpaired) electrons. The van der Waals surface area contributed by atoms with E-state index in [0.717, 1.165) is 6.07 Å². The van der Waals surface area contributed by atoms with E-state index in [1.807, 2.05) is 0 Å². The highest BCUT2D eigenvalue weighted by Crippen LogP contribution is 2.22. The summed E-state index contributed by atoms with van der Waals surface area (Å²) in [5.41, 5.74) is -0.127. The molecule has 0 aliphatic carbocycles. The van der Waals surface area contributed by atoms with Crippen molar-refractivity contribution in [1.82, 2.24) is 0 Å². The Balaban J connectivity index is 3.14. The van der Waals surface area contributed by atoms with Gasteiger partial charge < -0.3 is 5.32 Å². The van der Waals surface area contributed by atoms with Crippen molar-refractivity contribution >= 4 is 21.8 Å². The molecule has 0 fully saturated rings. The predicted molar refractivity (Wildman–Crippen MR) is 56.8 cm³/mol. The zero-order chi connectivity index (χ0) is 12.2. The summed E-state index contributed by atoms with van der Waals surface area (Å²) in [4.78, 5) is 10.5. The fourth-order valence-corrected chi connectivity index (χ4v) is 1.67. The average Bonchev–Trinajstić information content (AvgIpc) is 2.17. The van der Waals surface area contributed by atoms with Crippen LogP contribution < -0.4 is 5.32 Å². The van der Waals surface area contributed by atoms with Crippen molar-refractivity contribution in [2.24, 2.45) is 0 Å².